The van der Waals surface area contributed by atoms with E-state index in [1.165, 1.54) is 11.2 Å². The molecule has 1 N–H and O–H groups in total. The van der Waals surface area contributed by atoms with Gasteiger partial charge in [0.2, 0.25) is 0 Å². The van der Waals surface area contributed by atoms with Gasteiger partial charge in [-0.15, -0.1) is 0 Å². The van der Waals surface area contributed by atoms with Crippen LogP contribution in [0.15, 0.2) is 70.9 Å². The number of hydrogen-bond acceptors (Lipinski definition) is 7. The Bertz CT molecular complexity index is 1330. The Labute approximate surface area is 215 Å². The van der Waals surface area contributed by atoms with Crippen molar-refractivity contribution in [2.45, 2.75) is 32.9 Å². The van der Waals surface area contributed by atoms with Crippen molar-refractivity contribution in [2.75, 3.05) is 19.8 Å². The third-order valence-corrected chi connectivity index (χ3v) is 6.40. The van der Waals surface area contributed by atoms with E-state index in [2.05, 4.69) is 13.8 Å². The fraction of sp³-hybridized carbons (Fsp3) is 0.310. The van der Waals surface area contributed by atoms with Gasteiger partial charge < -0.3 is 28.6 Å². The highest BCUT2D eigenvalue weighted by molar-refractivity contribution is 6.46. The lowest BCUT2D eigenvalue weighted by atomic mass is 9.95. The molecular formula is C29H29NO7. The Morgan fingerprint density at radius 3 is 2.62 bits per heavy atom. The number of likely N-dealkylation sites (tertiary alicyclic amines) is 1. The number of benzene rings is 2. The van der Waals surface area contributed by atoms with E-state index in [0.29, 0.717) is 59.9 Å². The number of nitrogens with zero attached hydrogens (tertiary/aromatic N) is 1. The van der Waals surface area contributed by atoms with E-state index in [4.69, 9.17) is 18.6 Å². The summed E-state index contributed by atoms with van der Waals surface area (Å²) >= 11 is 0. The van der Waals surface area contributed by atoms with Crippen LogP contribution in [0.1, 0.15) is 43.2 Å². The van der Waals surface area contributed by atoms with E-state index in [9.17, 15) is 14.7 Å². The van der Waals surface area contributed by atoms with Gasteiger partial charge in [-0.2, -0.15) is 0 Å². The highest BCUT2D eigenvalue weighted by atomic mass is 16.6. The van der Waals surface area contributed by atoms with Crippen molar-refractivity contribution in [3.05, 3.63) is 83.3 Å². The zero-order valence-corrected chi connectivity index (χ0v) is 20.8. The van der Waals surface area contributed by atoms with Crippen molar-refractivity contribution in [3.8, 4) is 17.2 Å². The molecule has 2 aliphatic heterocycles. The molecule has 192 valence electrons. The number of ether oxygens (including phenoxy) is 3. The Kier molecular flexibility index (Phi) is 6.90. The van der Waals surface area contributed by atoms with Crippen LogP contribution in [0.4, 0.5) is 0 Å². The van der Waals surface area contributed by atoms with Crippen molar-refractivity contribution in [2.24, 2.45) is 5.92 Å². The lowest BCUT2D eigenvalue weighted by Gasteiger charge is -2.25. The molecule has 37 heavy (non-hydrogen) atoms. The number of hydrogen-bond donors (Lipinski definition) is 1. The number of aliphatic hydroxyl groups excluding tert-OH is 1. The number of carbonyl (C=O) groups excluding carboxylic acids is 2. The van der Waals surface area contributed by atoms with Crippen LogP contribution in [0, 0.1) is 5.92 Å². The Balaban J connectivity index is 1.57. The van der Waals surface area contributed by atoms with Crippen molar-refractivity contribution < 1.29 is 33.3 Å². The lowest BCUT2D eigenvalue weighted by Crippen LogP contribution is -2.29. The van der Waals surface area contributed by atoms with Gasteiger partial charge in [0.15, 0.2) is 11.5 Å². The number of fused-ring (bicyclic) bond motifs is 1. The fourth-order valence-corrected chi connectivity index (χ4v) is 4.49. The molecule has 8 nitrogen and oxygen atoms in total. The van der Waals surface area contributed by atoms with E-state index in [1.54, 1.807) is 30.3 Å². The van der Waals surface area contributed by atoms with Crippen LogP contribution in [0.5, 0.6) is 17.2 Å². The summed E-state index contributed by atoms with van der Waals surface area (Å²) in [5.74, 6) is 0.905. The molecule has 5 rings (SSSR count). The van der Waals surface area contributed by atoms with Crippen molar-refractivity contribution in [1.29, 1.82) is 0 Å². The molecule has 0 bridgehead atoms. The number of carbonyl (C=O) groups is 2. The standard InChI is InChI=1S/C29H29NO7/c1-18(2)10-12-35-21-6-3-5-19(15-21)26-25(28(32)29(33)30(26)17-22-7-4-11-34-22)27(31)20-8-9-23-24(16-20)37-14-13-36-23/h3-9,11,15-16,18,26,31H,10,12-14,17H2,1-2H3/b27-25+/t26-/m1/s1. The molecule has 1 atom stereocenters. The van der Waals surface area contributed by atoms with Crippen molar-refractivity contribution >= 4 is 17.4 Å². The average molecular weight is 504 g/mol. The molecule has 0 radical (unpaired) electrons. The van der Waals surface area contributed by atoms with Crippen molar-refractivity contribution in [3.63, 3.8) is 0 Å². The zero-order valence-electron chi connectivity index (χ0n) is 20.8. The van der Waals surface area contributed by atoms with Crippen LogP contribution in [0.2, 0.25) is 0 Å². The van der Waals surface area contributed by atoms with Gasteiger partial charge in [0, 0.05) is 5.56 Å². The maximum absolute atomic E-state index is 13.3. The SMILES string of the molecule is CC(C)CCOc1cccc([C@@H]2/C(=C(\O)c3ccc4c(c3)OCCO4)C(=O)C(=O)N2Cc2ccco2)c1. The molecule has 3 heterocycles. The van der Waals surface area contributed by atoms with Gasteiger partial charge in [-0.3, -0.25) is 9.59 Å². The highest BCUT2D eigenvalue weighted by Gasteiger charge is 2.46. The smallest absolute Gasteiger partial charge is 0.296 e. The predicted octanol–water partition coefficient (Wildman–Crippen LogP) is 5.10. The molecular weight excluding hydrogens is 474 g/mol. The van der Waals surface area contributed by atoms with E-state index < -0.39 is 17.7 Å². The summed E-state index contributed by atoms with van der Waals surface area (Å²) in [6, 6.07) is 14.8. The van der Waals surface area contributed by atoms with Crippen LogP contribution in [-0.2, 0) is 16.1 Å². The lowest BCUT2D eigenvalue weighted by molar-refractivity contribution is -0.140. The molecule has 0 saturated carbocycles. The fourth-order valence-electron chi connectivity index (χ4n) is 4.49. The number of Topliss-reactive ketones (excluding diaryl/α,β-unsaturated/α-hetero) is 1. The van der Waals surface area contributed by atoms with Crippen LogP contribution < -0.4 is 14.2 Å². The molecule has 1 fully saturated rings. The summed E-state index contributed by atoms with van der Waals surface area (Å²) < 4.78 is 22.6. The van der Waals surface area contributed by atoms with E-state index >= 15 is 0 Å². The third kappa shape index (κ3) is 5.05. The largest absolute Gasteiger partial charge is 0.507 e. The minimum atomic E-state index is -0.841. The summed E-state index contributed by atoms with van der Waals surface area (Å²) in [6.45, 7) is 5.68. The normalized spacial score (nSPS) is 18.5. The summed E-state index contributed by atoms with van der Waals surface area (Å²) in [5, 5.41) is 11.4. The number of furan rings is 1. The molecule has 2 aliphatic rings. The van der Waals surface area contributed by atoms with E-state index in [0.717, 1.165) is 6.42 Å². The maximum Gasteiger partial charge on any atom is 0.296 e. The van der Waals surface area contributed by atoms with Gasteiger partial charge in [0.05, 0.1) is 31.0 Å². The van der Waals surface area contributed by atoms with E-state index in [-0.39, 0.29) is 17.9 Å². The molecule has 1 aromatic heterocycles. The van der Waals surface area contributed by atoms with Crippen LogP contribution >= 0.6 is 0 Å². The average Bonchev–Trinajstić information content (AvgIpc) is 3.50. The first-order valence-corrected chi connectivity index (χ1v) is 12.4. The molecule has 0 unspecified atom stereocenters. The molecule has 3 aromatic rings. The summed E-state index contributed by atoms with van der Waals surface area (Å²) in [7, 11) is 0. The van der Waals surface area contributed by atoms with Gasteiger partial charge in [0.1, 0.15) is 30.5 Å². The first-order valence-electron chi connectivity index (χ1n) is 12.4. The summed E-state index contributed by atoms with van der Waals surface area (Å²) in [6.07, 6.45) is 2.41. The van der Waals surface area contributed by atoms with Crippen LogP contribution in [-0.4, -0.2) is 41.5 Å². The monoisotopic (exact) mass is 503 g/mol. The Morgan fingerprint density at radius 2 is 1.86 bits per heavy atom. The Morgan fingerprint density at radius 1 is 1.05 bits per heavy atom. The number of amides is 1. The second-order valence-corrected chi connectivity index (χ2v) is 9.47. The molecule has 1 saturated heterocycles. The minimum absolute atomic E-state index is 0.00688. The summed E-state index contributed by atoms with van der Waals surface area (Å²) in [5.41, 5.74) is 0.994. The van der Waals surface area contributed by atoms with Gasteiger partial charge in [-0.25, -0.2) is 0 Å². The van der Waals surface area contributed by atoms with Crippen LogP contribution in [0.3, 0.4) is 0 Å². The number of rotatable bonds is 8. The van der Waals surface area contributed by atoms with Crippen molar-refractivity contribution in [1.82, 2.24) is 4.90 Å². The molecule has 2 aromatic carbocycles. The Hall–Kier alpha value is -4.20. The molecule has 0 spiro atoms. The summed E-state index contributed by atoms with van der Waals surface area (Å²) in [4.78, 5) is 28.0. The van der Waals surface area contributed by atoms with Crippen LogP contribution in [0.25, 0.3) is 5.76 Å². The first kappa shape index (κ1) is 24.5. The topological polar surface area (TPSA) is 98.4 Å². The van der Waals surface area contributed by atoms with E-state index in [1.807, 2.05) is 24.3 Å². The minimum Gasteiger partial charge on any atom is -0.507 e. The van der Waals surface area contributed by atoms with Gasteiger partial charge >= 0.3 is 0 Å². The highest BCUT2D eigenvalue weighted by Crippen LogP contribution is 2.42. The second-order valence-electron chi connectivity index (χ2n) is 9.47. The number of aliphatic hydroxyl groups is 1. The maximum atomic E-state index is 13.3. The first-order chi connectivity index (χ1) is 17.9. The zero-order chi connectivity index (χ0) is 25.9. The second kappa shape index (κ2) is 10.4. The quantitative estimate of drug-likeness (QED) is 0.259. The van der Waals surface area contributed by atoms with Gasteiger partial charge in [0.25, 0.3) is 11.7 Å². The third-order valence-electron chi connectivity index (χ3n) is 6.40. The van der Waals surface area contributed by atoms with Gasteiger partial charge in [-0.05, 0) is 60.4 Å². The molecule has 8 heteroatoms. The molecule has 1 amide bonds. The predicted molar refractivity (Wildman–Crippen MR) is 135 cm³/mol. The molecule has 0 aliphatic carbocycles. The van der Waals surface area contributed by atoms with Gasteiger partial charge in [-0.1, -0.05) is 26.0 Å². The number of ketones is 1.